The third-order valence-corrected chi connectivity index (χ3v) is 3.90. The Morgan fingerprint density at radius 1 is 1.40 bits per heavy atom. The van der Waals surface area contributed by atoms with Gasteiger partial charge in [0.15, 0.2) is 0 Å². The lowest BCUT2D eigenvalue weighted by Crippen LogP contribution is -2.48. The molecule has 1 aromatic carbocycles. The van der Waals surface area contributed by atoms with Crippen LogP contribution in [-0.2, 0) is 0 Å². The average molecular weight is 284 g/mol. The van der Waals surface area contributed by atoms with E-state index in [4.69, 9.17) is 5.73 Å². The van der Waals surface area contributed by atoms with E-state index in [1.54, 1.807) is 4.90 Å². The minimum absolute atomic E-state index is 0.0829. The van der Waals surface area contributed by atoms with Gasteiger partial charge in [-0.05, 0) is 37.3 Å². The van der Waals surface area contributed by atoms with E-state index in [0.717, 1.165) is 18.6 Å². The van der Waals surface area contributed by atoms with Gasteiger partial charge in [-0.2, -0.15) is 0 Å². The number of hydrogen-bond acceptors (Lipinski definition) is 3. The maximum absolute atomic E-state index is 13.8. The summed E-state index contributed by atoms with van der Waals surface area (Å²) in [5, 5.41) is 9.76. The van der Waals surface area contributed by atoms with Gasteiger partial charge in [0.2, 0.25) is 0 Å². The molecule has 5 heteroatoms. The first-order chi connectivity index (χ1) is 9.49. The number of rotatable bonds is 4. The molecule has 2 rings (SSSR count). The van der Waals surface area contributed by atoms with Crippen molar-refractivity contribution in [3.8, 4) is 0 Å². The molecule has 0 radical (unpaired) electrons. The van der Waals surface area contributed by atoms with E-state index in [-0.39, 0.29) is 23.8 Å². The van der Waals surface area contributed by atoms with Crippen LogP contribution in [0, 0.1) is 17.6 Å². The normalized spacial score (nSPS) is 24.8. The molecule has 1 aliphatic rings. The third kappa shape index (κ3) is 3.67. The minimum atomic E-state index is -0.453. The largest absolute Gasteiger partial charge is 0.393 e. The van der Waals surface area contributed by atoms with Crippen LogP contribution in [0.25, 0.3) is 0 Å². The van der Waals surface area contributed by atoms with Crippen LogP contribution in [0.1, 0.15) is 26.2 Å². The van der Waals surface area contributed by atoms with Crippen LogP contribution in [0.15, 0.2) is 18.2 Å². The molecule has 1 saturated heterocycles. The summed E-state index contributed by atoms with van der Waals surface area (Å²) in [5.74, 6) is -0.683. The Labute approximate surface area is 118 Å². The maximum Gasteiger partial charge on any atom is 0.146 e. The summed E-state index contributed by atoms with van der Waals surface area (Å²) in [4.78, 5) is 1.79. The van der Waals surface area contributed by atoms with Gasteiger partial charge in [-0.1, -0.05) is 6.92 Å². The Balaban J connectivity index is 2.13. The molecular formula is C15H22F2N2O. The first-order valence-corrected chi connectivity index (χ1v) is 7.13. The molecule has 1 heterocycles. The van der Waals surface area contributed by atoms with Crippen molar-refractivity contribution in [1.82, 2.24) is 0 Å². The van der Waals surface area contributed by atoms with Gasteiger partial charge in [0.1, 0.15) is 11.6 Å². The molecular weight excluding hydrogens is 262 g/mol. The summed E-state index contributed by atoms with van der Waals surface area (Å²) in [5.41, 5.74) is 6.28. The van der Waals surface area contributed by atoms with Crippen LogP contribution in [0.2, 0.25) is 0 Å². The minimum Gasteiger partial charge on any atom is -0.393 e. The van der Waals surface area contributed by atoms with Crippen molar-refractivity contribution in [2.75, 3.05) is 18.0 Å². The smallest absolute Gasteiger partial charge is 0.146 e. The zero-order valence-corrected chi connectivity index (χ0v) is 11.7. The first kappa shape index (κ1) is 15.2. The molecule has 1 aliphatic heterocycles. The Bertz CT molecular complexity index is 455. The van der Waals surface area contributed by atoms with Crippen LogP contribution < -0.4 is 10.6 Å². The highest BCUT2D eigenvalue weighted by molar-refractivity contribution is 5.48. The first-order valence-electron chi connectivity index (χ1n) is 7.13. The predicted molar refractivity (Wildman–Crippen MR) is 75.6 cm³/mol. The fraction of sp³-hybridized carbons (Fsp3) is 0.600. The van der Waals surface area contributed by atoms with E-state index in [2.05, 4.69) is 0 Å². The predicted octanol–water partition coefficient (Wildman–Crippen LogP) is 2.28. The number of aliphatic hydroxyl groups is 1. The number of piperidine rings is 1. The fourth-order valence-corrected chi connectivity index (χ4v) is 2.89. The lowest BCUT2D eigenvalue weighted by Gasteiger charge is -2.38. The zero-order valence-electron chi connectivity index (χ0n) is 11.7. The number of anilines is 1. The molecule has 3 N–H and O–H groups in total. The van der Waals surface area contributed by atoms with E-state index in [1.807, 2.05) is 6.92 Å². The molecule has 0 bridgehead atoms. The van der Waals surface area contributed by atoms with Crippen LogP contribution >= 0.6 is 0 Å². The van der Waals surface area contributed by atoms with Crippen molar-refractivity contribution in [3.05, 3.63) is 29.8 Å². The van der Waals surface area contributed by atoms with Crippen LogP contribution in [-0.4, -0.2) is 30.3 Å². The number of aliphatic hydroxyl groups excluding tert-OH is 1. The molecule has 3 unspecified atom stereocenters. The van der Waals surface area contributed by atoms with Gasteiger partial charge >= 0.3 is 0 Å². The van der Waals surface area contributed by atoms with Crippen LogP contribution in [0.5, 0.6) is 0 Å². The molecule has 0 aromatic heterocycles. The van der Waals surface area contributed by atoms with Crippen molar-refractivity contribution in [1.29, 1.82) is 0 Å². The highest BCUT2D eigenvalue weighted by atomic mass is 19.1. The monoisotopic (exact) mass is 284 g/mol. The summed E-state index contributed by atoms with van der Waals surface area (Å²) >= 11 is 0. The Kier molecular flexibility index (Phi) is 4.94. The Morgan fingerprint density at radius 3 is 2.85 bits per heavy atom. The van der Waals surface area contributed by atoms with E-state index in [9.17, 15) is 13.9 Å². The summed E-state index contributed by atoms with van der Waals surface area (Å²) in [6.07, 6.45) is 1.80. The van der Waals surface area contributed by atoms with Crippen molar-refractivity contribution in [2.45, 2.75) is 38.3 Å². The van der Waals surface area contributed by atoms with Gasteiger partial charge in [-0.25, -0.2) is 8.78 Å². The molecule has 3 atom stereocenters. The van der Waals surface area contributed by atoms with Gasteiger partial charge in [0, 0.05) is 25.2 Å². The van der Waals surface area contributed by atoms with Gasteiger partial charge in [-0.3, -0.25) is 0 Å². The maximum atomic E-state index is 13.8. The molecule has 0 aliphatic carbocycles. The molecule has 1 fully saturated rings. The molecule has 20 heavy (non-hydrogen) atoms. The molecule has 1 aromatic rings. The summed E-state index contributed by atoms with van der Waals surface area (Å²) in [6.45, 7) is 3.04. The van der Waals surface area contributed by atoms with Crippen molar-refractivity contribution in [3.63, 3.8) is 0 Å². The number of halogens is 2. The second kappa shape index (κ2) is 6.50. The lowest BCUT2D eigenvalue weighted by molar-refractivity contribution is 0.131. The molecule has 0 saturated carbocycles. The van der Waals surface area contributed by atoms with Crippen molar-refractivity contribution >= 4 is 5.69 Å². The van der Waals surface area contributed by atoms with Crippen molar-refractivity contribution in [2.24, 2.45) is 11.7 Å². The topological polar surface area (TPSA) is 49.5 Å². The molecule has 0 amide bonds. The number of hydrogen-bond donors (Lipinski definition) is 2. The molecule has 112 valence electrons. The second-order valence-electron chi connectivity index (χ2n) is 5.66. The quantitative estimate of drug-likeness (QED) is 0.892. The Morgan fingerprint density at radius 2 is 2.15 bits per heavy atom. The molecule has 3 nitrogen and oxygen atoms in total. The van der Waals surface area contributed by atoms with E-state index < -0.39 is 11.6 Å². The molecule has 0 spiro atoms. The van der Waals surface area contributed by atoms with Gasteiger partial charge in [0.05, 0.1) is 11.8 Å². The SMILES string of the molecule is CCC(O)CC1CC(N)CN(c2cc(F)ccc2F)C1. The van der Waals surface area contributed by atoms with Crippen molar-refractivity contribution < 1.29 is 13.9 Å². The summed E-state index contributed by atoms with van der Waals surface area (Å²) in [6, 6.07) is 3.38. The summed E-state index contributed by atoms with van der Waals surface area (Å²) in [7, 11) is 0. The van der Waals surface area contributed by atoms with Gasteiger partial charge in [0.25, 0.3) is 0 Å². The zero-order chi connectivity index (χ0) is 14.7. The van der Waals surface area contributed by atoms with E-state index >= 15 is 0 Å². The highest BCUT2D eigenvalue weighted by Crippen LogP contribution is 2.28. The van der Waals surface area contributed by atoms with Crippen LogP contribution in [0.4, 0.5) is 14.5 Å². The summed E-state index contributed by atoms with van der Waals surface area (Å²) < 4.78 is 27.1. The van der Waals surface area contributed by atoms with Gasteiger partial charge < -0.3 is 15.7 Å². The fourth-order valence-electron chi connectivity index (χ4n) is 2.89. The number of benzene rings is 1. The number of nitrogens with two attached hydrogens (primary N) is 1. The lowest BCUT2D eigenvalue weighted by atomic mass is 9.89. The highest BCUT2D eigenvalue weighted by Gasteiger charge is 2.28. The van der Waals surface area contributed by atoms with Crippen LogP contribution in [0.3, 0.4) is 0 Å². The standard InChI is InChI=1S/C15H22F2N2O/c1-2-13(20)6-10-5-12(18)9-19(8-10)15-7-11(16)3-4-14(15)17/h3-4,7,10,12-13,20H,2,5-6,8-9,18H2,1H3. The van der Waals surface area contributed by atoms with E-state index in [1.165, 1.54) is 6.07 Å². The van der Waals surface area contributed by atoms with Gasteiger partial charge in [-0.15, -0.1) is 0 Å². The van der Waals surface area contributed by atoms with E-state index in [0.29, 0.717) is 25.9 Å². The third-order valence-electron chi connectivity index (χ3n) is 3.90. The average Bonchev–Trinajstić information content (AvgIpc) is 2.40. The Hall–Kier alpha value is -1.20. The second-order valence-corrected chi connectivity index (χ2v) is 5.66. The number of nitrogens with zero attached hydrogens (tertiary/aromatic N) is 1.